The first-order valence-corrected chi connectivity index (χ1v) is 5.13. The summed E-state index contributed by atoms with van der Waals surface area (Å²) in [6, 6.07) is 0. The number of carbonyl (C=O) groups excluding carboxylic acids is 2. The molecule has 3 N–H and O–H groups in total. The van der Waals surface area contributed by atoms with Crippen LogP contribution in [0.5, 0.6) is 0 Å². The molecule has 0 unspecified atom stereocenters. The van der Waals surface area contributed by atoms with Crippen molar-refractivity contribution in [3.05, 3.63) is 26.6 Å². The van der Waals surface area contributed by atoms with Gasteiger partial charge in [-0.05, 0) is 0 Å². The average molecular weight is 279 g/mol. The Morgan fingerprint density at radius 3 is 2.71 bits per heavy atom. The Bertz CT molecular complexity index is 514. The van der Waals surface area contributed by atoms with Crippen molar-refractivity contribution in [2.75, 3.05) is 6.54 Å². The second kappa shape index (κ2) is 5.65. The Kier molecular flexibility index (Phi) is 4.47. The second-order valence-electron chi connectivity index (χ2n) is 3.01. The molecule has 0 aliphatic heterocycles. The summed E-state index contributed by atoms with van der Waals surface area (Å²) >= 11 is 11.1. The van der Waals surface area contributed by atoms with Crippen molar-refractivity contribution in [1.29, 1.82) is 0 Å². The lowest BCUT2D eigenvalue weighted by Gasteiger charge is -2.05. The first kappa shape index (κ1) is 13.5. The SMILES string of the molecule is NC(=O)CNC(=O)Cn1ncc(Cl)c(Cl)c1=O. The highest BCUT2D eigenvalue weighted by Gasteiger charge is 2.10. The van der Waals surface area contributed by atoms with E-state index in [4.69, 9.17) is 28.9 Å². The Labute approximate surface area is 105 Å². The molecule has 0 atom stereocenters. The minimum atomic E-state index is -0.687. The number of nitrogens with one attached hydrogen (secondary N) is 1. The number of aromatic nitrogens is 2. The maximum atomic E-state index is 11.5. The summed E-state index contributed by atoms with van der Waals surface area (Å²) in [5.41, 5.74) is 4.14. The van der Waals surface area contributed by atoms with Gasteiger partial charge in [0.25, 0.3) is 5.56 Å². The van der Waals surface area contributed by atoms with Gasteiger partial charge in [-0.1, -0.05) is 23.2 Å². The summed E-state index contributed by atoms with van der Waals surface area (Å²) in [6.45, 7) is -0.683. The molecule has 7 nitrogen and oxygen atoms in total. The number of primary amides is 1. The quantitative estimate of drug-likeness (QED) is 0.748. The lowest BCUT2D eigenvalue weighted by molar-refractivity contribution is -0.125. The predicted molar refractivity (Wildman–Crippen MR) is 60.7 cm³/mol. The molecule has 0 aromatic carbocycles. The monoisotopic (exact) mass is 278 g/mol. The fourth-order valence-electron chi connectivity index (χ4n) is 0.935. The zero-order valence-electron chi connectivity index (χ0n) is 8.44. The van der Waals surface area contributed by atoms with E-state index in [-0.39, 0.29) is 23.1 Å². The van der Waals surface area contributed by atoms with Crippen LogP contribution in [0.3, 0.4) is 0 Å². The van der Waals surface area contributed by atoms with E-state index in [9.17, 15) is 14.4 Å². The maximum absolute atomic E-state index is 11.5. The molecule has 2 amide bonds. The largest absolute Gasteiger partial charge is 0.368 e. The van der Waals surface area contributed by atoms with Gasteiger partial charge in [-0.25, -0.2) is 4.68 Å². The first-order chi connectivity index (χ1) is 7.91. The van der Waals surface area contributed by atoms with Gasteiger partial charge in [0.1, 0.15) is 11.6 Å². The summed E-state index contributed by atoms with van der Waals surface area (Å²) < 4.78 is 0.824. The predicted octanol–water partition coefficient (Wildman–Crippen LogP) is -0.848. The molecule has 0 aliphatic carbocycles. The molecule has 92 valence electrons. The minimum absolute atomic E-state index is 0.00506. The van der Waals surface area contributed by atoms with E-state index < -0.39 is 17.4 Å². The van der Waals surface area contributed by atoms with Crippen LogP contribution < -0.4 is 16.6 Å². The van der Waals surface area contributed by atoms with E-state index in [1.54, 1.807) is 0 Å². The van der Waals surface area contributed by atoms with Gasteiger partial charge in [0, 0.05) is 0 Å². The van der Waals surface area contributed by atoms with Crippen molar-refractivity contribution < 1.29 is 9.59 Å². The van der Waals surface area contributed by atoms with Crippen molar-refractivity contribution in [1.82, 2.24) is 15.1 Å². The van der Waals surface area contributed by atoms with Gasteiger partial charge >= 0.3 is 0 Å². The number of nitrogens with zero attached hydrogens (tertiary/aromatic N) is 2. The number of hydrogen-bond acceptors (Lipinski definition) is 4. The van der Waals surface area contributed by atoms with Gasteiger partial charge in [-0.2, -0.15) is 5.10 Å². The van der Waals surface area contributed by atoms with Crippen LogP contribution in [0, 0.1) is 0 Å². The molecule has 0 spiro atoms. The Balaban J connectivity index is 2.76. The number of hydrogen-bond donors (Lipinski definition) is 2. The molecule has 0 aliphatic rings. The van der Waals surface area contributed by atoms with Gasteiger partial charge < -0.3 is 11.1 Å². The summed E-state index contributed by atoms with van der Waals surface area (Å²) in [7, 11) is 0. The molecular formula is C8H8Cl2N4O3. The van der Waals surface area contributed by atoms with Crippen LogP contribution in [-0.2, 0) is 16.1 Å². The van der Waals surface area contributed by atoms with E-state index in [2.05, 4.69) is 10.4 Å². The molecule has 0 saturated carbocycles. The molecule has 1 rings (SSSR count). The fraction of sp³-hybridized carbons (Fsp3) is 0.250. The zero-order valence-corrected chi connectivity index (χ0v) is 9.96. The molecule has 0 radical (unpaired) electrons. The van der Waals surface area contributed by atoms with Gasteiger partial charge in [-0.15, -0.1) is 0 Å². The summed E-state index contributed by atoms with van der Waals surface area (Å²) in [6.07, 6.45) is 1.15. The molecule has 0 fully saturated rings. The van der Waals surface area contributed by atoms with E-state index in [1.165, 1.54) is 0 Å². The molecule has 1 aromatic rings. The Morgan fingerprint density at radius 1 is 1.47 bits per heavy atom. The van der Waals surface area contributed by atoms with Crippen LogP contribution in [0.15, 0.2) is 11.0 Å². The number of nitrogens with two attached hydrogens (primary N) is 1. The van der Waals surface area contributed by atoms with Crippen LogP contribution in [0.4, 0.5) is 0 Å². The smallest absolute Gasteiger partial charge is 0.287 e. The molecular weight excluding hydrogens is 271 g/mol. The zero-order chi connectivity index (χ0) is 13.0. The highest BCUT2D eigenvalue weighted by Crippen LogP contribution is 2.14. The van der Waals surface area contributed by atoms with Gasteiger partial charge in [0.2, 0.25) is 11.8 Å². The first-order valence-electron chi connectivity index (χ1n) is 4.38. The summed E-state index contributed by atoms with van der Waals surface area (Å²) in [4.78, 5) is 33.2. The van der Waals surface area contributed by atoms with Crippen LogP contribution in [-0.4, -0.2) is 28.1 Å². The molecule has 0 bridgehead atoms. The lowest BCUT2D eigenvalue weighted by Crippen LogP contribution is -2.38. The van der Waals surface area contributed by atoms with E-state index in [0.717, 1.165) is 10.9 Å². The van der Waals surface area contributed by atoms with Crippen molar-refractivity contribution in [2.24, 2.45) is 5.73 Å². The van der Waals surface area contributed by atoms with Gasteiger partial charge in [-0.3, -0.25) is 14.4 Å². The lowest BCUT2D eigenvalue weighted by atomic mass is 10.5. The molecule has 17 heavy (non-hydrogen) atoms. The minimum Gasteiger partial charge on any atom is -0.368 e. The second-order valence-corrected chi connectivity index (χ2v) is 3.80. The van der Waals surface area contributed by atoms with Crippen molar-refractivity contribution in [3.8, 4) is 0 Å². The standard InChI is InChI=1S/C8H8Cl2N4O3/c9-4-1-13-14(8(17)7(4)10)3-6(16)12-2-5(11)15/h1H,2-3H2,(H2,11,15)(H,12,16). The average Bonchev–Trinajstić information content (AvgIpc) is 2.27. The highest BCUT2D eigenvalue weighted by atomic mass is 35.5. The molecule has 1 heterocycles. The Hall–Kier alpha value is -1.60. The van der Waals surface area contributed by atoms with Crippen LogP contribution in [0.25, 0.3) is 0 Å². The van der Waals surface area contributed by atoms with Crippen molar-refractivity contribution in [2.45, 2.75) is 6.54 Å². The summed E-state index contributed by atoms with van der Waals surface area (Å²) in [5, 5.41) is 5.61. The third-order valence-corrected chi connectivity index (χ3v) is 2.44. The van der Waals surface area contributed by atoms with E-state index >= 15 is 0 Å². The van der Waals surface area contributed by atoms with Gasteiger partial charge in [0.15, 0.2) is 0 Å². The molecule has 1 aromatic heterocycles. The van der Waals surface area contributed by atoms with Crippen LogP contribution in [0.1, 0.15) is 0 Å². The van der Waals surface area contributed by atoms with Gasteiger partial charge in [0.05, 0.1) is 17.8 Å². The van der Waals surface area contributed by atoms with Crippen molar-refractivity contribution >= 4 is 35.0 Å². The topological polar surface area (TPSA) is 107 Å². The number of amides is 2. The van der Waals surface area contributed by atoms with Crippen LogP contribution in [0.2, 0.25) is 10.0 Å². The number of halogens is 2. The van der Waals surface area contributed by atoms with Crippen molar-refractivity contribution in [3.63, 3.8) is 0 Å². The highest BCUT2D eigenvalue weighted by molar-refractivity contribution is 6.41. The maximum Gasteiger partial charge on any atom is 0.287 e. The van der Waals surface area contributed by atoms with E-state index in [0.29, 0.717) is 0 Å². The fourth-order valence-corrected chi connectivity index (χ4v) is 1.21. The summed E-state index contributed by atoms with van der Waals surface area (Å²) in [5.74, 6) is -1.27. The third-order valence-electron chi connectivity index (χ3n) is 1.70. The Morgan fingerprint density at radius 2 is 2.12 bits per heavy atom. The van der Waals surface area contributed by atoms with Crippen LogP contribution >= 0.6 is 23.2 Å². The molecule has 9 heteroatoms. The number of rotatable bonds is 4. The molecule has 0 saturated heterocycles. The van der Waals surface area contributed by atoms with E-state index in [1.807, 2.05) is 0 Å². The third kappa shape index (κ3) is 3.72. The normalized spacial score (nSPS) is 10.0. The number of carbonyl (C=O) groups is 2.